The molecule has 5 heteroatoms. The van der Waals surface area contributed by atoms with Gasteiger partial charge in [0.1, 0.15) is 0 Å². The zero-order valence-corrected chi connectivity index (χ0v) is 11.4. The van der Waals surface area contributed by atoms with Crippen molar-refractivity contribution >= 4 is 34.0 Å². The van der Waals surface area contributed by atoms with Gasteiger partial charge >= 0.3 is 0 Å². The maximum absolute atomic E-state index is 11.5. The van der Waals surface area contributed by atoms with Crippen molar-refractivity contribution in [3.05, 3.63) is 56.4 Å². The van der Waals surface area contributed by atoms with E-state index in [0.29, 0.717) is 5.69 Å². The Morgan fingerprint density at radius 1 is 1.33 bits per heavy atom. The summed E-state index contributed by atoms with van der Waals surface area (Å²) in [6, 6.07) is 9.28. The summed E-state index contributed by atoms with van der Waals surface area (Å²) in [5, 5.41) is 0. The van der Waals surface area contributed by atoms with Gasteiger partial charge in [-0.05, 0) is 23.8 Å². The minimum Gasteiger partial charge on any atom is -0.369 e. The van der Waals surface area contributed by atoms with Crippen LogP contribution in [0.3, 0.4) is 0 Å². The van der Waals surface area contributed by atoms with Crippen molar-refractivity contribution in [1.82, 2.24) is 9.55 Å². The lowest BCUT2D eigenvalue weighted by Crippen LogP contribution is -2.20. The molecule has 18 heavy (non-hydrogen) atoms. The van der Waals surface area contributed by atoms with E-state index in [9.17, 15) is 4.79 Å². The third kappa shape index (κ3) is 2.87. The molecule has 1 heterocycles. The molecule has 0 bridgehead atoms. The fourth-order valence-corrected chi connectivity index (χ4v) is 1.87. The zero-order chi connectivity index (χ0) is 13.1. The van der Waals surface area contributed by atoms with E-state index in [4.69, 9.17) is 5.73 Å². The van der Waals surface area contributed by atoms with Crippen molar-refractivity contribution in [3.63, 3.8) is 0 Å². The van der Waals surface area contributed by atoms with Gasteiger partial charge in [-0.2, -0.15) is 0 Å². The lowest BCUT2D eigenvalue weighted by Gasteiger charge is -2.02. The number of hydrogen-bond acceptors (Lipinski definition) is 3. The molecule has 0 radical (unpaired) electrons. The predicted octanol–water partition coefficient (Wildman–Crippen LogP) is 2.30. The Morgan fingerprint density at radius 3 is 2.78 bits per heavy atom. The number of halogens is 1. The van der Waals surface area contributed by atoms with E-state index < -0.39 is 0 Å². The lowest BCUT2D eigenvalue weighted by molar-refractivity contribution is 0.840. The normalized spacial score (nSPS) is 11.0. The van der Waals surface area contributed by atoms with Gasteiger partial charge in [0.15, 0.2) is 0 Å². The van der Waals surface area contributed by atoms with Gasteiger partial charge in [0.25, 0.3) is 5.56 Å². The maximum Gasteiger partial charge on any atom is 0.255 e. The number of aromatic nitrogens is 2. The molecule has 0 aliphatic rings. The predicted molar refractivity (Wildman–Crippen MR) is 77.0 cm³/mol. The quantitative estimate of drug-likeness (QED) is 0.926. The minimum absolute atomic E-state index is 0.170. The van der Waals surface area contributed by atoms with Gasteiger partial charge in [-0.25, -0.2) is 4.98 Å². The molecule has 0 fully saturated rings. The monoisotopic (exact) mass is 305 g/mol. The summed E-state index contributed by atoms with van der Waals surface area (Å²) in [6.45, 7) is 0. The first-order valence-electron chi connectivity index (χ1n) is 5.33. The highest BCUT2D eigenvalue weighted by molar-refractivity contribution is 9.10. The van der Waals surface area contributed by atoms with Crippen molar-refractivity contribution in [1.29, 1.82) is 0 Å². The van der Waals surface area contributed by atoms with Crippen LogP contribution in [0.25, 0.3) is 12.2 Å². The average Bonchev–Trinajstić information content (AvgIpc) is 2.33. The first-order chi connectivity index (χ1) is 8.56. The Labute approximate surface area is 113 Å². The van der Waals surface area contributed by atoms with Crippen LogP contribution in [-0.4, -0.2) is 9.55 Å². The van der Waals surface area contributed by atoms with Crippen LogP contribution < -0.4 is 11.3 Å². The first-order valence-corrected chi connectivity index (χ1v) is 6.13. The lowest BCUT2D eigenvalue weighted by atomic mass is 10.2. The topological polar surface area (TPSA) is 60.9 Å². The molecule has 1 aromatic heterocycles. The molecule has 0 amide bonds. The van der Waals surface area contributed by atoms with Crippen molar-refractivity contribution in [2.75, 3.05) is 5.73 Å². The van der Waals surface area contributed by atoms with E-state index in [-0.39, 0.29) is 11.5 Å². The van der Waals surface area contributed by atoms with Crippen molar-refractivity contribution < 1.29 is 0 Å². The zero-order valence-electron chi connectivity index (χ0n) is 9.80. The number of hydrogen-bond donors (Lipinski definition) is 1. The highest BCUT2D eigenvalue weighted by atomic mass is 79.9. The smallest absolute Gasteiger partial charge is 0.255 e. The van der Waals surface area contributed by atoms with E-state index >= 15 is 0 Å². The molecule has 2 N–H and O–H groups in total. The van der Waals surface area contributed by atoms with Crippen molar-refractivity contribution in [2.45, 2.75) is 0 Å². The molecule has 0 saturated carbocycles. The summed E-state index contributed by atoms with van der Waals surface area (Å²) in [7, 11) is 1.59. The van der Waals surface area contributed by atoms with E-state index in [1.165, 1.54) is 10.6 Å². The fourth-order valence-electron chi connectivity index (χ4n) is 1.45. The Kier molecular flexibility index (Phi) is 3.62. The van der Waals surface area contributed by atoms with Crippen LogP contribution in [0.1, 0.15) is 11.3 Å². The van der Waals surface area contributed by atoms with Crippen LogP contribution in [0.5, 0.6) is 0 Å². The molecule has 2 rings (SSSR count). The molecule has 0 aliphatic heterocycles. The van der Waals surface area contributed by atoms with Gasteiger partial charge in [0.2, 0.25) is 5.95 Å². The van der Waals surface area contributed by atoms with Gasteiger partial charge in [-0.1, -0.05) is 34.1 Å². The third-order valence-corrected chi connectivity index (χ3v) is 2.98. The largest absolute Gasteiger partial charge is 0.369 e. The number of nitrogens with zero attached hydrogens (tertiary/aromatic N) is 2. The van der Waals surface area contributed by atoms with Gasteiger partial charge in [0.05, 0.1) is 5.69 Å². The Bertz CT molecular complexity index is 662. The number of nitrogen functional groups attached to an aromatic ring is 1. The highest BCUT2D eigenvalue weighted by Crippen LogP contribution is 2.13. The molecular weight excluding hydrogens is 294 g/mol. The van der Waals surface area contributed by atoms with Crippen LogP contribution >= 0.6 is 15.9 Å². The van der Waals surface area contributed by atoms with Crippen LogP contribution in [0.4, 0.5) is 5.95 Å². The third-order valence-electron chi connectivity index (χ3n) is 2.48. The number of nitrogens with two attached hydrogens (primary N) is 1. The second-order valence-corrected chi connectivity index (χ2v) is 4.74. The molecular formula is C13H12BrN3O. The summed E-state index contributed by atoms with van der Waals surface area (Å²) in [4.78, 5) is 15.6. The number of anilines is 1. The molecule has 0 unspecified atom stereocenters. The van der Waals surface area contributed by atoms with Crippen LogP contribution in [-0.2, 0) is 7.05 Å². The van der Waals surface area contributed by atoms with Gasteiger partial charge in [0, 0.05) is 17.6 Å². The van der Waals surface area contributed by atoms with Gasteiger partial charge < -0.3 is 5.73 Å². The first kappa shape index (κ1) is 12.6. The summed E-state index contributed by atoms with van der Waals surface area (Å²) in [5.41, 5.74) is 7.03. The Hall–Kier alpha value is -1.88. The highest BCUT2D eigenvalue weighted by Gasteiger charge is 1.99. The van der Waals surface area contributed by atoms with Crippen LogP contribution in [0.2, 0.25) is 0 Å². The number of rotatable bonds is 2. The summed E-state index contributed by atoms with van der Waals surface area (Å²) < 4.78 is 2.30. The fraction of sp³-hybridized carbons (Fsp3) is 0.0769. The molecule has 0 saturated heterocycles. The van der Waals surface area contributed by atoms with E-state index in [1.54, 1.807) is 13.1 Å². The Morgan fingerprint density at radius 2 is 2.11 bits per heavy atom. The SMILES string of the molecule is Cn1c(N)nc(/C=C\c2cccc(Br)c2)cc1=O. The van der Waals surface area contributed by atoms with E-state index in [0.717, 1.165) is 10.0 Å². The minimum atomic E-state index is -0.170. The van der Waals surface area contributed by atoms with E-state index in [1.807, 2.05) is 30.3 Å². The standard InChI is InChI=1S/C13H12BrN3O/c1-17-12(18)8-11(16-13(17)15)6-5-9-3-2-4-10(14)7-9/h2-8H,1H3,(H2,15,16)/b6-5-. The van der Waals surface area contributed by atoms with Crippen LogP contribution in [0.15, 0.2) is 39.6 Å². The molecule has 0 aliphatic carbocycles. The molecule has 1 aromatic carbocycles. The maximum atomic E-state index is 11.5. The molecule has 2 aromatic rings. The second-order valence-electron chi connectivity index (χ2n) is 3.82. The number of benzene rings is 1. The molecule has 0 atom stereocenters. The van der Waals surface area contributed by atoms with Gasteiger partial charge in [-0.15, -0.1) is 0 Å². The van der Waals surface area contributed by atoms with Crippen molar-refractivity contribution in [3.8, 4) is 0 Å². The average molecular weight is 306 g/mol. The second kappa shape index (κ2) is 5.18. The molecule has 4 nitrogen and oxygen atoms in total. The molecule has 0 spiro atoms. The van der Waals surface area contributed by atoms with Crippen molar-refractivity contribution in [2.24, 2.45) is 7.05 Å². The Balaban J connectivity index is 2.32. The summed E-state index contributed by atoms with van der Waals surface area (Å²) in [5.74, 6) is 0.205. The van der Waals surface area contributed by atoms with Crippen LogP contribution in [0, 0.1) is 0 Å². The van der Waals surface area contributed by atoms with E-state index in [2.05, 4.69) is 20.9 Å². The summed E-state index contributed by atoms with van der Waals surface area (Å²) in [6.07, 6.45) is 3.64. The summed E-state index contributed by atoms with van der Waals surface area (Å²) >= 11 is 3.40. The van der Waals surface area contributed by atoms with Gasteiger partial charge in [-0.3, -0.25) is 9.36 Å². The molecule has 92 valence electrons.